The lowest BCUT2D eigenvalue weighted by atomic mass is 9.70. The highest BCUT2D eigenvalue weighted by molar-refractivity contribution is 6.20. The summed E-state index contributed by atoms with van der Waals surface area (Å²) in [6.07, 6.45) is 7.01. The van der Waals surface area contributed by atoms with Crippen molar-refractivity contribution in [2.45, 2.75) is 45.4 Å². The molecule has 4 amide bonds. The fourth-order valence-electron chi connectivity index (χ4n) is 4.08. The maximum atomic E-state index is 13.2. The Labute approximate surface area is 152 Å². The second-order valence-electron chi connectivity index (χ2n) is 7.33. The van der Waals surface area contributed by atoms with Crippen LogP contribution in [0.2, 0.25) is 0 Å². The zero-order valence-electron chi connectivity index (χ0n) is 15.2. The lowest BCUT2D eigenvalue weighted by molar-refractivity contribution is -0.161. The van der Waals surface area contributed by atoms with Crippen molar-refractivity contribution in [3.8, 4) is 0 Å². The number of hydrogen-bond acceptors (Lipinski definition) is 5. The number of ketones is 1. The number of amides is 4. The van der Waals surface area contributed by atoms with Gasteiger partial charge in [-0.3, -0.25) is 24.2 Å². The number of furan rings is 1. The third-order valence-corrected chi connectivity index (χ3v) is 5.73. The zero-order chi connectivity index (χ0) is 18.9. The maximum Gasteiger partial charge on any atom is 0.333 e. The third-order valence-electron chi connectivity index (χ3n) is 5.73. The largest absolute Gasteiger partial charge is 0.461 e. The Morgan fingerprint density at radius 1 is 1.15 bits per heavy atom. The fourth-order valence-corrected chi connectivity index (χ4v) is 4.08. The highest BCUT2D eigenvalue weighted by atomic mass is 16.3. The molecular weight excluding hydrogens is 336 g/mol. The van der Waals surface area contributed by atoms with Crippen LogP contribution < -0.4 is 0 Å². The van der Waals surface area contributed by atoms with Crippen LogP contribution in [-0.2, 0) is 9.59 Å². The minimum absolute atomic E-state index is 0.0846. The van der Waals surface area contributed by atoms with Crippen LogP contribution in [0.4, 0.5) is 4.79 Å². The monoisotopic (exact) mass is 360 g/mol. The summed E-state index contributed by atoms with van der Waals surface area (Å²) >= 11 is 0. The Balaban J connectivity index is 1.90. The summed E-state index contributed by atoms with van der Waals surface area (Å²) < 4.78 is 5.06. The number of carbonyl (C=O) groups is 4. The molecule has 1 aromatic heterocycles. The first kappa shape index (κ1) is 18.4. The minimum Gasteiger partial charge on any atom is -0.461 e. The normalized spacial score (nSPS) is 25.5. The van der Waals surface area contributed by atoms with E-state index in [1.165, 1.54) is 19.4 Å². The Kier molecular flexibility index (Phi) is 4.98. The first-order chi connectivity index (χ1) is 12.4. The predicted octanol–water partition coefficient (Wildman–Crippen LogP) is 2.86. The minimum atomic E-state index is -1.31. The van der Waals surface area contributed by atoms with Gasteiger partial charge >= 0.3 is 6.03 Å². The topological polar surface area (TPSA) is 87.9 Å². The zero-order valence-corrected chi connectivity index (χ0v) is 15.2. The third kappa shape index (κ3) is 2.95. The van der Waals surface area contributed by atoms with Crippen molar-refractivity contribution in [1.82, 2.24) is 9.80 Å². The molecule has 3 rings (SSSR count). The molecule has 0 N–H and O–H groups in total. The molecule has 0 bridgehead atoms. The number of barbiturate groups is 1. The summed E-state index contributed by atoms with van der Waals surface area (Å²) in [6.45, 7) is 1.20. The van der Waals surface area contributed by atoms with Gasteiger partial charge in [-0.25, -0.2) is 4.79 Å². The standard InChI is InChI=1S/C19H24N2O5/c1-19(13-8-5-3-4-6-9-13)16(23)20(2)18(25)21(17(19)24)12-14(22)15-10-7-11-26-15/h7,10-11,13H,3-6,8-9,12H2,1-2H3. The molecule has 2 aliphatic rings. The Morgan fingerprint density at radius 2 is 1.81 bits per heavy atom. The number of hydrogen-bond donors (Lipinski definition) is 0. The summed E-state index contributed by atoms with van der Waals surface area (Å²) in [4.78, 5) is 52.8. The summed E-state index contributed by atoms with van der Waals surface area (Å²) in [5, 5.41) is 0. The van der Waals surface area contributed by atoms with E-state index in [9.17, 15) is 19.2 Å². The average Bonchev–Trinajstić information content (AvgIpc) is 3.04. The van der Waals surface area contributed by atoms with Crippen LogP contribution in [0.25, 0.3) is 0 Å². The molecule has 0 spiro atoms. The lowest BCUT2D eigenvalue weighted by Crippen LogP contribution is -2.65. The van der Waals surface area contributed by atoms with Gasteiger partial charge in [0.1, 0.15) is 5.41 Å². The van der Waals surface area contributed by atoms with Crippen LogP contribution in [0.3, 0.4) is 0 Å². The van der Waals surface area contributed by atoms with Gasteiger partial charge in [0.05, 0.1) is 12.8 Å². The number of imide groups is 2. The molecule has 26 heavy (non-hydrogen) atoms. The van der Waals surface area contributed by atoms with Crippen LogP contribution in [0, 0.1) is 11.3 Å². The molecule has 1 aliphatic carbocycles. The molecule has 1 aromatic rings. The van der Waals surface area contributed by atoms with E-state index in [1.807, 2.05) is 0 Å². The first-order valence-electron chi connectivity index (χ1n) is 9.08. The van der Waals surface area contributed by atoms with Crippen molar-refractivity contribution in [3.63, 3.8) is 0 Å². The Bertz CT molecular complexity index is 718. The summed E-state index contributed by atoms with van der Waals surface area (Å²) in [7, 11) is 1.37. The summed E-state index contributed by atoms with van der Waals surface area (Å²) in [5.74, 6) is -1.55. The summed E-state index contributed by atoms with van der Waals surface area (Å²) in [5.41, 5.74) is -1.31. The van der Waals surface area contributed by atoms with Crippen LogP contribution in [-0.4, -0.2) is 47.0 Å². The molecule has 2 heterocycles. The second kappa shape index (κ2) is 7.05. The van der Waals surface area contributed by atoms with E-state index < -0.39 is 35.6 Å². The van der Waals surface area contributed by atoms with Gasteiger partial charge in [-0.1, -0.05) is 25.7 Å². The highest BCUT2D eigenvalue weighted by Gasteiger charge is 2.57. The molecule has 140 valence electrons. The van der Waals surface area contributed by atoms with Crippen molar-refractivity contribution in [3.05, 3.63) is 24.2 Å². The van der Waals surface area contributed by atoms with Crippen LogP contribution in [0.1, 0.15) is 56.0 Å². The molecule has 1 saturated heterocycles. The number of rotatable bonds is 4. The molecule has 0 radical (unpaired) electrons. The van der Waals surface area contributed by atoms with Gasteiger partial charge in [-0.05, 0) is 37.8 Å². The van der Waals surface area contributed by atoms with Crippen molar-refractivity contribution in [1.29, 1.82) is 0 Å². The van der Waals surface area contributed by atoms with E-state index in [2.05, 4.69) is 0 Å². The molecule has 1 unspecified atom stereocenters. The molecule has 7 heteroatoms. The van der Waals surface area contributed by atoms with E-state index in [4.69, 9.17) is 4.42 Å². The number of Topliss-reactive ketones (excluding diaryl/α,β-unsaturated/α-hetero) is 1. The van der Waals surface area contributed by atoms with E-state index >= 15 is 0 Å². The van der Waals surface area contributed by atoms with E-state index in [0.29, 0.717) is 0 Å². The SMILES string of the molecule is CN1C(=O)N(CC(=O)c2ccco2)C(=O)C(C)(C2CCCCCC2)C1=O. The Hall–Kier alpha value is -2.44. The molecule has 0 aromatic carbocycles. The predicted molar refractivity (Wildman–Crippen MR) is 92.2 cm³/mol. The molecular formula is C19H24N2O5. The highest BCUT2D eigenvalue weighted by Crippen LogP contribution is 2.42. The summed E-state index contributed by atoms with van der Waals surface area (Å²) in [6, 6.07) is 2.30. The van der Waals surface area contributed by atoms with Gasteiger partial charge in [0, 0.05) is 7.05 Å². The number of carbonyl (C=O) groups excluding carboxylic acids is 4. The van der Waals surface area contributed by atoms with Crippen molar-refractivity contribution < 1.29 is 23.6 Å². The van der Waals surface area contributed by atoms with Gasteiger partial charge in [-0.15, -0.1) is 0 Å². The van der Waals surface area contributed by atoms with Crippen LogP contribution in [0.5, 0.6) is 0 Å². The van der Waals surface area contributed by atoms with Gasteiger partial charge < -0.3 is 4.42 Å². The number of nitrogens with zero attached hydrogens (tertiary/aromatic N) is 2. The van der Waals surface area contributed by atoms with Crippen molar-refractivity contribution in [2.75, 3.05) is 13.6 Å². The molecule has 2 fully saturated rings. The fraction of sp³-hybridized carbons (Fsp3) is 0.579. The molecule has 1 atom stereocenters. The van der Waals surface area contributed by atoms with Gasteiger partial charge in [0.15, 0.2) is 5.76 Å². The smallest absolute Gasteiger partial charge is 0.333 e. The van der Waals surface area contributed by atoms with E-state index in [-0.39, 0.29) is 11.7 Å². The Morgan fingerprint density at radius 3 is 2.38 bits per heavy atom. The van der Waals surface area contributed by atoms with Crippen LogP contribution in [0.15, 0.2) is 22.8 Å². The van der Waals surface area contributed by atoms with Crippen molar-refractivity contribution >= 4 is 23.6 Å². The molecule has 1 saturated carbocycles. The van der Waals surface area contributed by atoms with Gasteiger partial charge in [0.2, 0.25) is 17.6 Å². The average molecular weight is 360 g/mol. The van der Waals surface area contributed by atoms with Crippen LogP contribution >= 0.6 is 0 Å². The first-order valence-corrected chi connectivity index (χ1v) is 9.08. The van der Waals surface area contributed by atoms with E-state index in [0.717, 1.165) is 48.3 Å². The lowest BCUT2D eigenvalue weighted by Gasteiger charge is -2.44. The molecule has 7 nitrogen and oxygen atoms in total. The number of urea groups is 1. The second-order valence-corrected chi connectivity index (χ2v) is 7.33. The maximum absolute atomic E-state index is 13.2. The van der Waals surface area contributed by atoms with Gasteiger partial charge in [-0.2, -0.15) is 0 Å². The van der Waals surface area contributed by atoms with Gasteiger partial charge in [0.25, 0.3) is 0 Å². The van der Waals surface area contributed by atoms with Crippen molar-refractivity contribution in [2.24, 2.45) is 11.3 Å². The molecule has 1 aliphatic heterocycles. The quantitative estimate of drug-likeness (QED) is 0.468. The van der Waals surface area contributed by atoms with E-state index in [1.54, 1.807) is 13.0 Å².